The average Bonchev–Trinajstić information content (AvgIpc) is 2.75. The van der Waals surface area contributed by atoms with Crippen LogP contribution in [0.5, 0.6) is 0 Å². The highest BCUT2D eigenvalue weighted by Gasteiger charge is 2.36. The van der Waals surface area contributed by atoms with Crippen LogP contribution in [-0.4, -0.2) is 55.1 Å². The molecule has 2 heterocycles. The number of rotatable bonds is 2. The van der Waals surface area contributed by atoms with Gasteiger partial charge < -0.3 is 15.1 Å². The SMILES string of the molecule is CN1CCC(C2CN(CC#N)C(=O)N2)C1. The van der Waals surface area contributed by atoms with Crippen LogP contribution in [0.3, 0.4) is 0 Å². The van der Waals surface area contributed by atoms with Crippen LogP contribution < -0.4 is 5.32 Å². The van der Waals surface area contributed by atoms with Gasteiger partial charge in [-0.1, -0.05) is 0 Å². The lowest BCUT2D eigenvalue weighted by Gasteiger charge is -2.17. The van der Waals surface area contributed by atoms with E-state index in [0.717, 1.165) is 19.5 Å². The van der Waals surface area contributed by atoms with Gasteiger partial charge in [-0.2, -0.15) is 5.26 Å². The Morgan fingerprint density at radius 3 is 3.00 bits per heavy atom. The molecule has 2 saturated heterocycles. The van der Waals surface area contributed by atoms with Gasteiger partial charge in [-0.3, -0.25) is 0 Å². The number of likely N-dealkylation sites (tertiary alicyclic amines) is 1. The lowest BCUT2D eigenvalue weighted by Crippen LogP contribution is -2.35. The molecule has 0 aromatic heterocycles. The van der Waals surface area contributed by atoms with E-state index in [1.165, 1.54) is 0 Å². The number of hydrogen-bond acceptors (Lipinski definition) is 3. The molecule has 0 aromatic rings. The second kappa shape index (κ2) is 4.07. The Hall–Kier alpha value is -1.28. The minimum absolute atomic E-state index is 0.0869. The number of carbonyl (C=O) groups is 1. The monoisotopic (exact) mass is 208 g/mol. The molecule has 0 saturated carbocycles. The van der Waals surface area contributed by atoms with Gasteiger partial charge in [0.25, 0.3) is 0 Å². The van der Waals surface area contributed by atoms with Gasteiger partial charge in [-0.25, -0.2) is 4.79 Å². The maximum Gasteiger partial charge on any atom is 0.318 e. The van der Waals surface area contributed by atoms with Gasteiger partial charge in [0.05, 0.1) is 12.1 Å². The lowest BCUT2D eigenvalue weighted by molar-refractivity contribution is 0.222. The van der Waals surface area contributed by atoms with Gasteiger partial charge >= 0.3 is 6.03 Å². The summed E-state index contributed by atoms with van der Waals surface area (Å²) >= 11 is 0. The molecule has 15 heavy (non-hydrogen) atoms. The summed E-state index contributed by atoms with van der Waals surface area (Å²) in [5.74, 6) is 0.544. The molecule has 0 spiro atoms. The van der Waals surface area contributed by atoms with Crippen LogP contribution in [-0.2, 0) is 0 Å². The van der Waals surface area contributed by atoms with E-state index in [9.17, 15) is 4.79 Å². The van der Waals surface area contributed by atoms with E-state index >= 15 is 0 Å². The van der Waals surface area contributed by atoms with Crippen LogP contribution in [0.1, 0.15) is 6.42 Å². The molecule has 2 atom stereocenters. The van der Waals surface area contributed by atoms with E-state index in [1.54, 1.807) is 4.90 Å². The molecule has 2 unspecified atom stereocenters. The van der Waals surface area contributed by atoms with E-state index in [0.29, 0.717) is 12.5 Å². The topological polar surface area (TPSA) is 59.4 Å². The van der Waals surface area contributed by atoms with Crippen LogP contribution in [0.15, 0.2) is 0 Å². The average molecular weight is 208 g/mol. The minimum Gasteiger partial charge on any atom is -0.333 e. The molecule has 5 nitrogen and oxygen atoms in total. The molecule has 0 aliphatic carbocycles. The van der Waals surface area contributed by atoms with E-state index in [-0.39, 0.29) is 18.6 Å². The molecule has 2 aliphatic rings. The molecule has 5 heteroatoms. The summed E-state index contributed by atoms with van der Waals surface area (Å²) < 4.78 is 0. The predicted molar refractivity (Wildman–Crippen MR) is 55.1 cm³/mol. The molecule has 82 valence electrons. The number of carbonyl (C=O) groups excluding carboxylic acids is 1. The molecule has 1 N–H and O–H groups in total. The summed E-state index contributed by atoms with van der Waals surface area (Å²) in [4.78, 5) is 15.3. The van der Waals surface area contributed by atoms with E-state index in [4.69, 9.17) is 5.26 Å². The van der Waals surface area contributed by atoms with Crippen molar-refractivity contribution < 1.29 is 4.79 Å². The van der Waals surface area contributed by atoms with Crippen molar-refractivity contribution in [3.05, 3.63) is 0 Å². The first kappa shape index (κ1) is 10.2. The number of amides is 2. The molecule has 0 aromatic carbocycles. The Balaban J connectivity index is 1.91. The van der Waals surface area contributed by atoms with Crippen molar-refractivity contribution in [2.75, 3.05) is 33.2 Å². The highest BCUT2D eigenvalue weighted by Crippen LogP contribution is 2.21. The Labute approximate surface area is 89.6 Å². The second-order valence-corrected chi connectivity index (χ2v) is 4.41. The second-order valence-electron chi connectivity index (χ2n) is 4.41. The standard InChI is InChI=1S/C10H16N4O/c1-13-4-2-8(6-13)9-7-14(5-3-11)10(15)12-9/h8-9H,2,4-7H2,1H3,(H,12,15). The van der Waals surface area contributed by atoms with Crippen LogP contribution in [0, 0.1) is 17.2 Å². The van der Waals surface area contributed by atoms with Crippen molar-refractivity contribution >= 4 is 6.03 Å². The number of urea groups is 1. The molecule has 2 amide bonds. The van der Waals surface area contributed by atoms with Crippen molar-refractivity contribution in [2.24, 2.45) is 5.92 Å². The van der Waals surface area contributed by atoms with Crippen LogP contribution >= 0.6 is 0 Å². The Morgan fingerprint density at radius 1 is 1.60 bits per heavy atom. The fraction of sp³-hybridized carbons (Fsp3) is 0.800. The summed E-state index contributed by atoms with van der Waals surface area (Å²) in [7, 11) is 2.10. The molecule has 2 aliphatic heterocycles. The van der Waals surface area contributed by atoms with Crippen LogP contribution in [0.25, 0.3) is 0 Å². The van der Waals surface area contributed by atoms with Crippen molar-refractivity contribution in [3.8, 4) is 6.07 Å². The quantitative estimate of drug-likeness (QED) is 0.642. The third-order valence-electron chi connectivity index (χ3n) is 3.27. The van der Waals surface area contributed by atoms with Gasteiger partial charge in [-0.05, 0) is 25.9 Å². The highest BCUT2D eigenvalue weighted by atomic mass is 16.2. The fourth-order valence-corrected chi connectivity index (χ4v) is 2.40. The van der Waals surface area contributed by atoms with Crippen molar-refractivity contribution in [1.82, 2.24) is 15.1 Å². The van der Waals surface area contributed by atoms with E-state index < -0.39 is 0 Å². The van der Waals surface area contributed by atoms with Crippen molar-refractivity contribution in [3.63, 3.8) is 0 Å². The first-order valence-electron chi connectivity index (χ1n) is 5.31. The van der Waals surface area contributed by atoms with Crippen LogP contribution in [0.2, 0.25) is 0 Å². The van der Waals surface area contributed by atoms with Gasteiger partial charge in [0, 0.05) is 13.1 Å². The minimum atomic E-state index is -0.0869. The molecular formula is C10H16N4O. The zero-order valence-corrected chi connectivity index (χ0v) is 8.94. The van der Waals surface area contributed by atoms with Gasteiger partial charge in [-0.15, -0.1) is 0 Å². The van der Waals surface area contributed by atoms with E-state index in [1.807, 2.05) is 6.07 Å². The summed E-state index contributed by atoms with van der Waals surface area (Å²) in [6, 6.07) is 2.16. The third kappa shape index (κ3) is 2.05. The molecule has 0 radical (unpaired) electrons. The summed E-state index contributed by atoms with van der Waals surface area (Å²) in [6.45, 7) is 3.04. The zero-order valence-electron chi connectivity index (χ0n) is 8.94. The number of nitrogens with zero attached hydrogens (tertiary/aromatic N) is 3. The molecule has 0 bridgehead atoms. The summed E-state index contributed by atoms with van der Waals surface area (Å²) in [5, 5.41) is 11.5. The lowest BCUT2D eigenvalue weighted by atomic mass is 10.00. The number of nitrogens with one attached hydrogen (secondary N) is 1. The smallest absolute Gasteiger partial charge is 0.318 e. The maximum absolute atomic E-state index is 11.5. The third-order valence-corrected chi connectivity index (χ3v) is 3.27. The summed E-state index contributed by atoms with van der Waals surface area (Å²) in [6.07, 6.45) is 1.14. The molecule has 2 rings (SSSR count). The first-order chi connectivity index (χ1) is 7.20. The van der Waals surface area contributed by atoms with Gasteiger partial charge in [0.2, 0.25) is 0 Å². The van der Waals surface area contributed by atoms with Gasteiger partial charge in [0.1, 0.15) is 6.54 Å². The summed E-state index contributed by atoms with van der Waals surface area (Å²) in [5.41, 5.74) is 0. The van der Waals surface area contributed by atoms with Gasteiger partial charge in [0.15, 0.2) is 0 Å². The normalized spacial score (nSPS) is 31.7. The maximum atomic E-state index is 11.5. The zero-order chi connectivity index (χ0) is 10.8. The molecular weight excluding hydrogens is 192 g/mol. The van der Waals surface area contributed by atoms with Crippen molar-refractivity contribution in [2.45, 2.75) is 12.5 Å². The van der Waals surface area contributed by atoms with Crippen molar-refractivity contribution in [1.29, 1.82) is 5.26 Å². The van der Waals surface area contributed by atoms with E-state index in [2.05, 4.69) is 17.3 Å². The first-order valence-corrected chi connectivity index (χ1v) is 5.31. The molecule has 2 fully saturated rings. The fourth-order valence-electron chi connectivity index (χ4n) is 2.40. The highest BCUT2D eigenvalue weighted by molar-refractivity contribution is 5.77. The Kier molecular flexibility index (Phi) is 2.78. The Bertz CT molecular complexity index is 298. The number of hydrogen-bond donors (Lipinski definition) is 1. The van der Waals surface area contributed by atoms with Crippen LogP contribution in [0.4, 0.5) is 4.79 Å². The Morgan fingerprint density at radius 2 is 2.40 bits per heavy atom. The number of nitriles is 1. The largest absolute Gasteiger partial charge is 0.333 e. The predicted octanol–water partition coefficient (Wildman–Crippen LogP) is -0.145.